The zero-order valence-electron chi connectivity index (χ0n) is 14.0. The number of nitrogens with one attached hydrogen (secondary N) is 1. The zero-order valence-corrected chi connectivity index (χ0v) is 14.8. The maximum absolute atomic E-state index is 13.0. The van der Waals surface area contributed by atoms with E-state index in [-0.39, 0.29) is 30.6 Å². The van der Waals surface area contributed by atoms with E-state index in [1.807, 2.05) is 0 Å². The Morgan fingerprint density at radius 2 is 2.12 bits per heavy atom. The van der Waals surface area contributed by atoms with Crippen LogP contribution >= 0.6 is 12.4 Å². The number of aromatic amines is 1. The number of hydrogen-bond donors (Lipinski definition) is 1. The molecular weight excluding hydrogens is 356 g/mol. The van der Waals surface area contributed by atoms with Gasteiger partial charge >= 0.3 is 0 Å². The highest BCUT2D eigenvalue weighted by molar-refractivity contribution is 6.07. The number of carbonyl (C=O) groups is 1. The zero-order chi connectivity index (χ0) is 17.6. The summed E-state index contributed by atoms with van der Waals surface area (Å²) in [6.07, 6.45) is 3.15. The maximum atomic E-state index is 13.0. The SMILES string of the molecule is CCOC(=C=O)CN(C(=O)c1ccc2nc[nH]c2c1)c1ccccn1.Cl. The molecule has 3 aromatic rings. The van der Waals surface area contributed by atoms with Gasteiger partial charge in [0.2, 0.25) is 0 Å². The van der Waals surface area contributed by atoms with Crippen LogP contribution in [0, 0.1) is 0 Å². The molecule has 0 aliphatic carbocycles. The molecule has 0 unspecified atom stereocenters. The van der Waals surface area contributed by atoms with E-state index in [4.69, 9.17) is 4.74 Å². The van der Waals surface area contributed by atoms with E-state index in [2.05, 4.69) is 15.0 Å². The number of H-pyrrole nitrogens is 1. The summed E-state index contributed by atoms with van der Waals surface area (Å²) in [4.78, 5) is 36.8. The van der Waals surface area contributed by atoms with Gasteiger partial charge < -0.3 is 9.72 Å². The molecule has 0 aliphatic rings. The van der Waals surface area contributed by atoms with Crippen LogP contribution in [0.1, 0.15) is 17.3 Å². The lowest BCUT2D eigenvalue weighted by Gasteiger charge is -2.22. The Bertz CT molecular complexity index is 936. The molecule has 0 bridgehead atoms. The molecule has 0 aliphatic heterocycles. The van der Waals surface area contributed by atoms with Gasteiger partial charge in [0.25, 0.3) is 5.91 Å². The van der Waals surface area contributed by atoms with Crippen molar-refractivity contribution in [3.05, 3.63) is 60.2 Å². The van der Waals surface area contributed by atoms with Gasteiger partial charge in [-0.2, -0.15) is 0 Å². The average Bonchev–Trinajstić information content (AvgIpc) is 3.13. The average molecular weight is 373 g/mol. The molecule has 7 nitrogen and oxygen atoms in total. The first-order chi connectivity index (χ1) is 12.2. The lowest BCUT2D eigenvalue weighted by Crippen LogP contribution is -2.34. The minimum atomic E-state index is -0.303. The van der Waals surface area contributed by atoms with Crippen molar-refractivity contribution in [3.63, 3.8) is 0 Å². The summed E-state index contributed by atoms with van der Waals surface area (Å²) in [7, 11) is 0. The van der Waals surface area contributed by atoms with Crippen molar-refractivity contribution in [2.45, 2.75) is 6.92 Å². The van der Waals surface area contributed by atoms with E-state index in [1.165, 1.54) is 4.90 Å². The normalized spacial score (nSPS) is 9.88. The van der Waals surface area contributed by atoms with Crippen LogP contribution < -0.4 is 4.90 Å². The van der Waals surface area contributed by atoms with Gasteiger partial charge in [-0.3, -0.25) is 9.69 Å². The third-order valence-electron chi connectivity index (χ3n) is 3.57. The maximum Gasteiger partial charge on any atom is 0.259 e. The van der Waals surface area contributed by atoms with E-state index < -0.39 is 0 Å². The van der Waals surface area contributed by atoms with Crippen LogP contribution in [-0.2, 0) is 9.53 Å². The number of imidazole rings is 1. The highest BCUT2D eigenvalue weighted by atomic mass is 35.5. The van der Waals surface area contributed by atoms with Crippen molar-refractivity contribution >= 4 is 41.1 Å². The Morgan fingerprint density at radius 1 is 1.27 bits per heavy atom. The number of hydrogen-bond acceptors (Lipinski definition) is 5. The van der Waals surface area contributed by atoms with Gasteiger partial charge in [-0.15, -0.1) is 12.4 Å². The minimum Gasteiger partial charge on any atom is -0.485 e. The summed E-state index contributed by atoms with van der Waals surface area (Å²) in [5.74, 6) is 1.91. The van der Waals surface area contributed by atoms with Crippen molar-refractivity contribution in [3.8, 4) is 0 Å². The largest absolute Gasteiger partial charge is 0.485 e. The Labute approximate surface area is 156 Å². The summed E-state index contributed by atoms with van der Waals surface area (Å²) in [6.45, 7) is 2.03. The van der Waals surface area contributed by atoms with Crippen LogP contribution in [0.25, 0.3) is 11.0 Å². The highest BCUT2D eigenvalue weighted by Gasteiger charge is 2.21. The van der Waals surface area contributed by atoms with Crippen LogP contribution in [0.2, 0.25) is 0 Å². The summed E-state index contributed by atoms with van der Waals surface area (Å²) in [5.41, 5.74) is 1.97. The van der Waals surface area contributed by atoms with Crippen LogP contribution in [0.5, 0.6) is 0 Å². The lowest BCUT2D eigenvalue weighted by molar-refractivity contribution is 0.0982. The number of fused-ring (bicyclic) bond motifs is 1. The molecule has 1 N–H and O–H groups in total. The second kappa shape index (κ2) is 8.80. The number of amides is 1. The van der Waals surface area contributed by atoms with Crippen LogP contribution in [0.4, 0.5) is 5.82 Å². The molecule has 1 aromatic carbocycles. The van der Waals surface area contributed by atoms with Crippen molar-refractivity contribution in [1.82, 2.24) is 15.0 Å². The standard InChI is InChI=1S/C18H16N4O3.ClH/c1-2-25-14(11-23)10-22(17-5-3-4-8-19-17)18(24)13-6-7-15-16(9-13)21-12-20-15;/h3-9,12H,2,10H2,1H3,(H,20,21);1H. The fraction of sp³-hybridized carbons (Fsp3) is 0.167. The number of pyridine rings is 1. The Kier molecular flexibility index (Phi) is 6.49. The smallest absolute Gasteiger partial charge is 0.259 e. The predicted molar refractivity (Wildman–Crippen MR) is 100 cm³/mol. The van der Waals surface area contributed by atoms with Crippen LogP contribution in [0.3, 0.4) is 0 Å². The molecule has 2 aromatic heterocycles. The molecular formula is C18H17ClN4O3. The Balaban J connectivity index is 0.00000243. The molecule has 2 heterocycles. The number of rotatable bonds is 6. The predicted octanol–water partition coefficient (Wildman–Crippen LogP) is 2.78. The first-order valence-electron chi connectivity index (χ1n) is 7.75. The molecule has 0 saturated heterocycles. The summed E-state index contributed by atoms with van der Waals surface area (Å²) >= 11 is 0. The molecule has 0 spiro atoms. The van der Waals surface area contributed by atoms with Gasteiger partial charge in [-0.1, -0.05) is 6.07 Å². The highest BCUT2D eigenvalue weighted by Crippen LogP contribution is 2.18. The quantitative estimate of drug-likeness (QED) is 0.531. The van der Waals surface area contributed by atoms with E-state index in [0.29, 0.717) is 18.0 Å². The third-order valence-corrected chi connectivity index (χ3v) is 3.57. The van der Waals surface area contributed by atoms with Crippen molar-refractivity contribution in [2.24, 2.45) is 0 Å². The van der Waals surface area contributed by atoms with Gasteiger partial charge in [-0.05, 0) is 37.3 Å². The summed E-state index contributed by atoms with van der Waals surface area (Å²) in [6, 6.07) is 10.4. The molecule has 0 fully saturated rings. The van der Waals surface area contributed by atoms with Crippen molar-refractivity contribution in [2.75, 3.05) is 18.1 Å². The first kappa shape index (κ1) is 19.2. The van der Waals surface area contributed by atoms with E-state index in [9.17, 15) is 9.59 Å². The number of aromatic nitrogens is 3. The van der Waals surface area contributed by atoms with Gasteiger partial charge in [-0.25, -0.2) is 14.8 Å². The number of anilines is 1. The third kappa shape index (κ3) is 4.08. The summed E-state index contributed by atoms with van der Waals surface area (Å²) < 4.78 is 5.24. The van der Waals surface area contributed by atoms with E-state index in [1.54, 1.807) is 61.8 Å². The molecule has 0 radical (unpaired) electrons. The fourth-order valence-corrected chi connectivity index (χ4v) is 2.42. The molecule has 134 valence electrons. The van der Waals surface area contributed by atoms with Gasteiger partial charge in [0.15, 0.2) is 11.7 Å². The van der Waals surface area contributed by atoms with Gasteiger partial charge in [0.05, 0.1) is 30.5 Å². The van der Waals surface area contributed by atoms with Crippen LogP contribution in [0.15, 0.2) is 54.7 Å². The molecule has 1 amide bonds. The van der Waals surface area contributed by atoms with Crippen molar-refractivity contribution in [1.29, 1.82) is 0 Å². The van der Waals surface area contributed by atoms with Crippen molar-refractivity contribution < 1.29 is 14.3 Å². The molecule has 0 atom stereocenters. The molecule has 0 saturated carbocycles. The molecule has 3 rings (SSSR count). The number of halogens is 1. The topological polar surface area (TPSA) is 88.2 Å². The van der Waals surface area contributed by atoms with Gasteiger partial charge in [0, 0.05) is 11.8 Å². The molecule has 8 heteroatoms. The second-order valence-electron chi connectivity index (χ2n) is 5.17. The number of carbonyl (C=O) groups excluding carboxylic acids is 2. The monoisotopic (exact) mass is 372 g/mol. The lowest BCUT2D eigenvalue weighted by atomic mass is 10.1. The fourth-order valence-electron chi connectivity index (χ4n) is 2.42. The summed E-state index contributed by atoms with van der Waals surface area (Å²) in [5, 5.41) is 0. The number of ether oxygens (including phenoxy) is 1. The van der Waals surface area contributed by atoms with Gasteiger partial charge in [0.1, 0.15) is 5.82 Å². The first-order valence-corrected chi connectivity index (χ1v) is 7.75. The number of nitrogens with zero attached hydrogens (tertiary/aromatic N) is 3. The Hall–Kier alpha value is -3.15. The van der Waals surface area contributed by atoms with E-state index >= 15 is 0 Å². The number of benzene rings is 1. The second-order valence-corrected chi connectivity index (χ2v) is 5.17. The van der Waals surface area contributed by atoms with E-state index in [0.717, 1.165) is 11.0 Å². The molecule has 26 heavy (non-hydrogen) atoms. The van der Waals surface area contributed by atoms with Crippen LogP contribution in [-0.4, -0.2) is 40.0 Å². The minimum absolute atomic E-state index is 0. The Morgan fingerprint density at radius 3 is 2.81 bits per heavy atom.